The molecule has 5 heteroatoms. The fraction of sp³-hybridized carbons (Fsp3) is 0.250. The second kappa shape index (κ2) is 4.36. The van der Waals surface area contributed by atoms with Gasteiger partial charge < -0.3 is 4.74 Å². The average Bonchev–Trinajstić information content (AvgIpc) is 3.10. The number of rotatable bonds is 3. The molecule has 2 heterocycles. The number of nitrogens with zero attached hydrogens (tertiary/aromatic N) is 3. The Morgan fingerprint density at radius 3 is 2.62 bits per heavy atom. The third-order valence-electron chi connectivity index (χ3n) is 3.99. The van der Waals surface area contributed by atoms with E-state index in [9.17, 15) is 4.39 Å². The first-order chi connectivity index (χ1) is 10.2. The maximum Gasteiger partial charge on any atom is 0.123 e. The van der Waals surface area contributed by atoms with Gasteiger partial charge >= 0.3 is 0 Å². The summed E-state index contributed by atoms with van der Waals surface area (Å²) >= 11 is 0. The summed E-state index contributed by atoms with van der Waals surface area (Å²) in [5, 5.41) is 8.50. The Morgan fingerprint density at radius 2 is 1.90 bits per heavy atom. The molecule has 3 aromatic rings. The van der Waals surface area contributed by atoms with Crippen LogP contribution in [0.25, 0.3) is 11.0 Å². The number of benzene rings is 2. The van der Waals surface area contributed by atoms with Gasteiger partial charge in [-0.1, -0.05) is 29.5 Å². The van der Waals surface area contributed by atoms with Gasteiger partial charge in [-0.2, -0.15) is 0 Å². The third-order valence-corrected chi connectivity index (χ3v) is 3.99. The molecular weight excluding hydrogens is 269 g/mol. The van der Waals surface area contributed by atoms with Crippen LogP contribution in [-0.2, 0) is 4.74 Å². The first-order valence-corrected chi connectivity index (χ1v) is 6.87. The number of para-hydroxylation sites is 1. The van der Waals surface area contributed by atoms with Crippen LogP contribution < -0.4 is 0 Å². The fourth-order valence-electron chi connectivity index (χ4n) is 2.75. The molecule has 4 rings (SSSR count). The smallest absolute Gasteiger partial charge is 0.123 e. The lowest BCUT2D eigenvalue weighted by Crippen LogP contribution is -2.27. The Bertz CT molecular complexity index is 793. The van der Waals surface area contributed by atoms with Crippen molar-refractivity contribution in [3.05, 3.63) is 59.9 Å². The topological polar surface area (TPSA) is 43.2 Å². The number of epoxide rings is 1. The Labute approximate surface area is 121 Å². The Hall–Kier alpha value is -2.27. The van der Waals surface area contributed by atoms with E-state index in [2.05, 4.69) is 10.3 Å². The van der Waals surface area contributed by atoms with Crippen molar-refractivity contribution < 1.29 is 9.13 Å². The van der Waals surface area contributed by atoms with Crippen LogP contribution in [0.2, 0.25) is 0 Å². The Balaban J connectivity index is 1.89. The molecule has 0 aliphatic carbocycles. The second-order valence-electron chi connectivity index (χ2n) is 5.58. The predicted octanol–water partition coefficient (Wildman–Crippen LogP) is 2.95. The zero-order chi connectivity index (χ0) is 14.4. The van der Waals surface area contributed by atoms with Gasteiger partial charge in [-0.15, -0.1) is 5.10 Å². The molecule has 0 N–H and O–H groups in total. The molecular formula is C16H14FN3O. The van der Waals surface area contributed by atoms with E-state index in [0.29, 0.717) is 6.61 Å². The van der Waals surface area contributed by atoms with Gasteiger partial charge in [0.1, 0.15) is 23.0 Å². The number of halogens is 1. The molecule has 0 bridgehead atoms. The van der Waals surface area contributed by atoms with E-state index in [4.69, 9.17) is 4.74 Å². The summed E-state index contributed by atoms with van der Waals surface area (Å²) in [5.74, 6) is -0.247. The Morgan fingerprint density at radius 1 is 1.19 bits per heavy atom. The standard InChI is InChI=1S/C16H14FN3O/c1-16(10-21-16)15(11-6-8-12(17)9-7-11)20-14-5-3-2-4-13(14)18-19-20/h2-9,15H,10H2,1H3. The van der Waals surface area contributed by atoms with E-state index in [0.717, 1.165) is 16.6 Å². The molecule has 21 heavy (non-hydrogen) atoms. The molecule has 1 fully saturated rings. The van der Waals surface area contributed by atoms with Gasteiger partial charge in [0.05, 0.1) is 12.1 Å². The molecule has 0 radical (unpaired) electrons. The minimum Gasteiger partial charge on any atom is -0.367 e. The van der Waals surface area contributed by atoms with Crippen molar-refractivity contribution in [2.24, 2.45) is 0 Å². The van der Waals surface area contributed by atoms with E-state index in [1.165, 1.54) is 12.1 Å². The lowest BCUT2D eigenvalue weighted by atomic mass is 9.95. The molecule has 2 unspecified atom stereocenters. The lowest BCUT2D eigenvalue weighted by molar-refractivity contribution is 0.252. The maximum atomic E-state index is 13.2. The van der Waals surface area contributed by atoms with Gasteiger partial charge in [0.25, 0.3) is 0 Å². The molecule has 106 valence electrons. The molecule has 0 amide bonds. The second-order valence-corrected chi connectivity index (χ2v) is 5.58. The van der Waals surface area contributed by atoms with Crippen molar-refractivity contribution in [2.45, 2.75) is 18.6 Å². The minimum atomic E-state index is -0.325. The highest BCUT2D eigenvalue weighted by molar-refractivity contribution is 5.74. The summed E-state index contributed by atoms with van der Waals surface area (Å²) in [6.07, 6.45) is 0. The van der Waals surface area contributed by atoms with Crippen LogP contribution in [0, 0.1) is 5.82 Å². The van der Waals surface area contributed by atoms with Crippen molar-refractivity contribution in [3.8, 4) is 0 Å². The van der Waals surface area contributed by atoms with Crippen molar-refractivity contribution in [3.63, 3.8) is 0 Å². The highest BCUT2D eigenvalue weighted by Crippen LogP contribution is 2.42. The molecule has 1 saturated heterocycles. The van der Waals surface area contributed by atoms with Crippen molar-refractivity contribution >= 4 is 11.0 Å². The summed E-state index contributed by atoms with van der Waals surface area (Å²) in [7, 11) is 0. The van der Waals surface area contributed by atoms with Crippen LogP contribution >= 0.6 is 0 Å². The molecule has 2 atom stereocenters. The van der Waals surface area contributed by atoms with Crippen LogP contribution in [0.15, 0.2) is 48.5 Å². The van der Waals surface area contributed by atoms with Gasteiger partial charge in [-0.05, 0) is 36.8 Å². The van der Waals surface area contributed by atoms with E-state index in [1.807, 2.05) is 35.9 Å². The van der Waals surface area contributed by atoms with E-state index in [-0.39, 0.29) is 17.5 Å². The van der Waals surface area contributed by atoms with E-state index in [1.54, 1.807) is 12.1 Å². The lowest BCUT2D eigenvalue weighted by Gasteiger charge is -2.22. The summed E-state index contributed by atoms with van der Waals surface area (Å²) in [5.41, 5.74) is 2.43. The summed E-state index contributed by atoms with van der Waals surface area (Å²) < 4.78 is 20.7. The summed E-state index contributed by atoms with van der Waals surface area (Å²) in [4.78, 5) is 0. The SMILES string of the molecule is CC1(C(c2ccc(F)cc2)n2nnc3ccccc32)CO1. The number of aromatic nitrogens is 3. The molecule has 1 aliphatic heterocycles. The van der Waals surface area contributed by atoms with Gasteiger partial charge in [0.2, 0.25) is 0 Å². The first kappa shape index (κ1) is 12.5. The zero-order valence-corrected chi connectivity index (χ0v) is 11.5. The number of hydrogen-bond donors (Lipinski definition) is 0. The number of ether oxygens (including phenoxy) is 1. The summed E-state index contributed by atoms with van der Waals surface area (Å²) in [6.45, 7) is 2.70. The molecule has 4 nitrogen and oxygen atoms in total. The molecule has 2 aromatic carbocycles. The average molecular weight is 283 g/mol. The van der Waals surface area contributed by atoms with Crippen LogP contribution in [0.5, 0.6) is 0 Å². The van der Waals surface area contributed by atoms with Crippen molar-refractivity contribution in [2.75, 3.05) is 6.61 Å². The highest BCUT2D eigenvalue weighted by atomic mass is 19.1. The quantitative estimate of drug-likeness (QED) is 0.694. The Kier molecular flexibility index (Phi) is 2.59. The minimum absolute atomic E-state index is 0.120. The van der Waals surface area contributed by atoms with E-state index < -0.39 is 0 Å². The fourth-order valence-corrected chi connectivity index (χ4v) is 2.75. The molecule has 0 saturated carbocycles. The van der Waals surface area contributed by atoms with E-state index >= 15 is 0 Å². The highest BCUT2D eigenvalue weighted by Gasteiger charge is 2.49. The van der Waals surface area contributed by atoms with Crippen LogP contribution in [0.3, 0.4) is 0 Å². The van der Waals surface area contributed by atoms with Gasteiger partial charge in [-0.3, -0.25) is 0 Å². The largest absolute Gasteiger partial charge is 0.367 e. The number of hydrogen-bond acceptors (Lipinski definition) is 3. The zero-order valence-electron chi connectivity index (χ0n) is 11.5. The predicted molar refractivity (Wildman–Crippen MR) is 76.4 cm³/mol. The van der Waals surface area contributed by atoms with Gasteiger partial charge in [-0.25, -0.2) is 9.07 Å². The molecule has 0 spiro atoms. The normalized spacial score (nSPS) is 22.4. The molecule has 1 aliphatic rings. The maximum absolute atomic E-state index is 13.2. The summed E-state index contributed by atoms with van der Waals surface area (Å²) in [6, 6.07) is 14.2. The van der Waals surface area contributed by atoms with Gasteiger partial charge in [0, 0.05) is 0 Å². The monoisotopic (exact) mass is 283 g/mol. The first-order valence-electron chi connectivity index (χ1n) is 6.87. The van der Waals surface area contributed by atoms with Crippen molar-refractivity contribution in [1.29, 1.82) is 0 Å². The van der Waals surface area contributed by atoms with Crippen LogP contribution in [0.1, 0.15) is 18.5 Å². The number of fused-ring (bicyclic) bond motifs is 1. The van der Waals surface area contributed by atoms with Gasteiger partial charge in [0.15, 0.2) is 0 Å². The molecule has 1 aromatic heterocycles. The third kappa shape index (κ3) is 2.01. The van der Waals surface area contributed by atoms with Crippen LogP contribution in [-0.4, -0.2) is 27.2 Å². The van der Waals surface area contributed by atoms with Crippen molar-refractivity contribution in [1.82, 2.24) is 15.0 Å². The van der Waals surface area contributed by atoms with Crippen LogP contribution in [0.4, 0.5) is 4.39 Å².